The third kappa shape index (κ3) is 4.75. The second kappa shape index (κ2) is 6.64. The van der Waals surface area contributed by atoms with Gasteiger partial charge in [-0.3, -0.25) is 4.98 Å². The molecule has 0 saturated carbocycles. The number of hydrogen-bond donors (Lipinski definition) is 1. The second-order valence-electron chi connectivity index (χ2n) is 4.95. The highest BCUT2D eigenvalue weighted by Crippen LogP contribution is 2.06. The number of nitrogens with one attached hydrogen (secondary N) is 1. The Balaban J connectivity index is 2.45. The maximum atomic E-state index is 4.48. The summed E-state index contributed by atoms with van der Waals surface area (Å²) < 4.78 is 0. The molecule has 1 aromatic rings. The van der Waals surface area contributed by atoms with Crippen LogP contribution in [-0.4, -0.2) is 11.0 Å². The van der Waals surface area contributed by atoms with Crippen LogP contribution in [0.2, 0.25) is 0 Å². The van der Waals surface area contributed by atoms with Gasteiger partial charge in [-0.15, -0.1) is 0 Å². The van der Waals surface area contributed by atoms with Crippen molar-refractivity contribution < 1.29 is 0 Å². The normalized spacial score (nSPS) is 13.1. The molecular formula is C14H24N2. The third-order valence-corrected chi connectivity index (χ3v) is 2.77. The number of nitrogens with zero attached hydrogens (tertiary/aromatic N) is 1. The zero-order chi connectivity index (χ0) is 12.0. The van der Waals surface area contributed by atoms with E-state index < -0.39 is 0 Å². The molecule has 0 amide bonds. The minimum absolute atomic E-state index is 0.579. The van der Waals surface area contributed by atoms with Gasteiger partial charge in [-0.1, -0.05) is 26.8 Å². The van der Waals surface area contributed by atoms with E-state index in [1.165, 1.54) is 17.7 Å². The Morgan fingerprint density at radius 3 is 2.50 bits per heavy atom. The fraction of sp³-hybridized carbons (Fsp3) is 0.643. The molecule has 1 rings (SSSR count). The summed E-state index contributed by atoms with van der Waals surface area (Å²) in [7, 11) is 0. The molecule has 0 saturated heterocycles. The summed E-state index contributed by atoms with van der Waals surface area (Å²) in [6.45, 7) is 9.77. The summed E-state index contributed by atoms with van der Waals surface area (Å²) in [5, 5.41) is 3.47. The van der Waals surface area contributed by atoms with Crippen LogP contribution in [0.4, 0.5) is 0 Å². The van der Waals surface area contributed by atoms with Crippen LogP contribution in [0.25, 0.3) is 0 Å². The molecule has 0 aromatic carbocycles. The van der Waals surface area contributed by atoms with E-state index >= 15 is 0 Å². The van der Waals surface area contributed by atoms with Crippen LogP contribution in [0.15, 0.2) is 18.3 Å². The molecule has 0 fully saturated rings. The molecule has 0 bridgehead atoms. The van der Waals surface area contributed by atoms with E-state index in [1.807, 2.05) is 6.20 Å². The van der Waals surface area contributed by atoms with Crippen molar-refractivity contribution >= 4 is 0 Å². The van der Waals surface area contributed by atoms with Crippen molar-refractivity contribution in [1.29, 1.82) is 0 Å². The topological polar surface area (TPSA) is 24.9 Å². The highest BCUT2D eigenvalue weighted by Gasteiger charge is 2.01. The van der Waals surface area contributed by atoms with E-state index in [4.69, 9.17) is 0 Å². The van der Waals surface area contributed by atoms with Crippen molar-refractivity contribution in [3.05, 3.63) is 29.6 Å². The molecule has 1 unspecified atom stereocenters. The molecule has 2 nitrogen and oxygen atoms in total. The zero-order valence-electron chi connectivity index (χ0n) is 11.0. The van der Waals surface area contributed by atoms with Gasteiger partial charge in [0, 0.05) is 24.5 Å². The first kappa shape index (κ1) is 13.2. The average Bonchev–Trinajstić information content (AvgIpc) is 2.27. The summed E-state index contributed by atoms with van der Waals surface area (Å²) in [5.74, 6) is 0.677. The van der Waals surface area contributed by atoms with E-state index in [-0.39, 0.29) is 0 Å². The van der Waals surface area contributed by atoms with E-state index in [2.05, 4.69) is 50.1 Å². The lowest BCUT2D eigenvalue weighted by Gasteiger charge is -2.11. The summed E-state index contributed by atoms with van der Waals surface area (Å²) in [6, 6.07) is 4.91. The third-order valence-electron chi connectivity index (χ3n) is 2.77. The summed E-state index contributed by atoms with van der Waals surface area (Å²) in [5.41, 5.74) is 2.47. The first-order chi connectivity index (χ1) is 7.61. The lowest BCUT2D eigenvalue weighted by atomic mass is 10.1. The van der Waals surface area contributed by atoms with E-state index in [9.17, 15) is 0 Å². The fourth-order valence-electron chi connectivity index (χ4n) is 1.54. The molecule has 2 heteroatoms. The van der Waals surface area contributed by atoms with Crippen molar-refractivity contribution in [1.82, 2.24) is 10.3 Å². The second-order valence-corrected chi connectivity index (χ2v) is 4.95. The number of rotatable bonds is 6. The van der Waals surface area contributed by atoms with Crippen LogP contribution in [0.3, 0.4) is 0 Å². The van der Waals surface area contributed by atoms with Gasteiger partial charge in [0.25, 0.3) is 0 Å². The molecule has 90 valence electrons. The van der Waals surface area contributed by atoms with Crippen LogP contribution in [0, 0.1) is 5.92 Å². The highest BCUT2D eigenvalue weighted by atomic mass is 14.9. The van der Waals surface area contributed by atoms with Crippen LogP contribution in [0.5, 0.6) is 0 Å². The van der Waals surface area contributed by atoms with Crippen molar-refractivity contribution in [3.8, 4) is 0 Å². The molecular weight excluding hydrogens is 196 g/mol. The van der Waals surface area contributed by atoms with Gasteiger partial charge in [-0.05, 0) is 37.3 Å². The Labute approximate surface area is 99.5 Å². The average molecular weight is 220 g/mol. The van der Waals surface area contributed by atoms with Gasteiger partial charge in [-0.2, -0.15) is 0 Å². The smallest absolute Gasteiger partial charge is 0.0406 e. The Morgan fingerprint density at radius 2 is 2.00 bits per heavy atom. The molecule has 0 aliphatic rings. The Kier molecular flexibility index (Phi) is 5.47. The molecule has 0 aliphatic carbocycles. The lowest BCUT2D eigenvalue weighted by Crippen LogP contribution is -2.24. The predicted octanol–water partition coefficient (Wildman–Crippen LogP) is 3.17. The van der Waals surface area contributed by atoms with Crippen LogP contribution >= 0.6 is 0 Å². The first-order valence-electron chi connectivity index (χ1n) is 6.29. The van der Waals surface area contributed by atoms with Gasteiger partial charge in [-0.25, -0.2) is 0 Å². The molecule has 0 radical (unpaired) electrons. The maximum Gasteiger partial charge on any atom is 0.0406 e. The minimum atomic E-state index is 0.579. The molecule has 1 aromatic heterocycles. The summed E-state index contributed by atoms with van der Waals surface area (Å²) in [6.07, 6.45) is 4.23. The molecule has 0 spiro atoms. The Bertz CT molecular complexity index is 290. The standard InChI is InChI=1S/C14H24N2/c1-5-12(4)15-9-13-6-7-14(16-10-13)8-11(2)3/h6-7,10-12,15H,5,8-9H2,1-4H3. The van der Waals surface area contributed by atoms with Crippen molar-refractivity contribution in [2.75, 3.05) is 0 Å². The SMILES string of the molecule is CCC(C)NCc1ccc(CC(C)C)nc1. The van der Waals surface area contributed by atoms with Gasteiger partial charge in [0.1, 0.15) is 0 Å². The molecule has 1 atom stereocenters. The van der Waals surface area contributed by atoms with Crippen LogP contribution < -0.4 is 5.32 Å². The molecule has 16 heavy (non-hydrogen) atoms. The van der Waals surface area contributed by atoms with Crippen molar-refractivity contribution in [2.45, 2.75) is 53.1 Å². The van der Waals surface area contributed by atoms with Crippen LogP contribution in [-0.2, 0) is 13.0 Å². The van der Waals surface area contributed by atoms with Crippen molar-refractivity contribution in [2.24, 2.45) is 5.92 Å². The Morgan fingerprint density at radius 1 is 1.25 bits per heavy atom. The summed E-state index contributed by atoms with van der Waals surface area (Å²) >= 11 is 0. The van der Waals surface area contributed by atoms with E-state index in [0.717, 1.165) is 13.0 Å². The monoisotopic (exact) mass is 220 g/mol. The molecule has 0 aliphatic heterocycles. The van der Waals surface area contributed by atoms with Gasteiger partial charge < -0.3 is 5.32 Å². The Hall–Kier alpha value is -0.890. The quantitative estimate of drug-likeness (QED) is 0.796. The number of pyridine rings is 1. The first-order valence-corrected chi connectivity index (χ1v) is 6.29. The number of aromatic nitrogens is 1. The highest BCUT2D eigenvalue weighted by molar-refractivity contribution is 5.14. The molecule has 1 N–H and O–H groups in total. The van der Waals surface area contributed by atoms with Gasteiger partial charge in [0.15, 0.2) is 0 Å². The van der Waals surface area contributed by atoms with Crippen molar-refractivity contribution in [3.63, 3.8) is 0 Å². The maximum absolute atomic E-state index is 4.48. The van der Waals surface area contributed by atoms with E-state index in [0.29, 0.717) is 12.0 Å². The van der Waals surface area contributed by atoms with E-state index in [1.54, 1.807) is 0 Å². The molecule has 1 heterocycles. The van der Waals surface area contributed by atoms with Gasteiger partial charge in [0.05, 0.1) is 0 Å². The number of hydrogen-bond acceptors (Lipinski definition) is 2. The largest absolute Gasteiger partial charge is 0.310 e. The minimum Gasteiger partial charge on any atom is -0.310 e. The summed E-state index contributed by atoms with van der Waals surface area (Å²) in [4.78, 5) is 4.48. The van der Waals surface area contributed by atoms with Crippen LogP contribution in [0.1, 0.15) is 45.4 Å². The van der Waals surface area contributed by atoms with Gasteiger partial charge in [0.2, 0.25) is 0 Å². The fourth-order valence-corrected chi connectivity index (χ4v) is 1.54. The van der Waals surface area contributed by atoms with Gasteiger partial charge >= 0.3 is 0 Å². The lowest BCUT2D eigenvalue weighted by molar-refractivity contribution is 0.533. The predicted molar refractivity (Wildman–Crippen MR) is 69.4 cm³/mol. The zero-order valence-corrected chi connectivity index (χ0v) is 11.0.